The molecule has 28 heavy (non-hydrogen) atoms. The first-order valence-corrected chi connectivity index (χ1v) is 9.67. The van der Waals surface area contributed by atoms with E-state index in [2.05, 4.69) is 35.8 Å². The van der Waals surface area contributed by atoms with Gasteiger partial charge in [-0.2, -0.15) is 5.10 Å². The first-order chi connectivity index (χ1) is 13.5. The highest BCUT2D eigenvalue weighted by Crippen LogP contribution is 2.18. The Morgan fingerprint density at radius 1 is 1.14 bits per heavy atom. The highest BCUT2D eigenvalue weighted by atomic mass is 16.2. The zero-order valence-electron chi connectivity index (χ0n) is 16.7. The monoisotopic (exact) mass is 381 g/mol. The molecule has 148 valence electrons. The molecule has 1 fully saturated rings. The van der Waals surface area contributed by atoms with E-state index < -0.39 is 0 Å². The molecule has 0 aliphatic carbocycles. The second-order valence-electron chi connectivity index (χ2n) is 7.47. The molecule has 0 spiro atoms. The molecule has 0 unspecified atom stereocenters. The topological polar surface area (TPSA) is 70.7 Å². The highest BCUT2D eigenvalue weighted by Gasteiger charge is 2.21. The first-order valence-electron chi connectivity index (χ1n) is 9.67. The molecular weight excluding hydrogens is 354 g/mol. The summed E-state index contributed by atoms with van der Waals surface area (Å²) in [5.41, 5.74) is 4.72. The van der Waals surface area contributed by atoms with Crippen LogP contribution in [0.15, 0.2) is 30.6 Å². The molecule has 0 radical (unpaired) electrons. The number of hydrogen-bond donors (Lipinski definition) is 1. The van der Waals surface area contributed by atoms with Gasteiger partial charge in [0, 0.05) is 52.2 Å². The lowest BCUT2D eigenvalue weighted by molar-refractivity contribution is -0.117. The fourth-order valence-corrected chi connectivity index (χ4v) is 3.73. The molecule has 0 atom stereocenters. The Bertz CT molecular complexity index is 949. The van der Waals surface area contributed by atoms with Crippen molar-refractivity contribution in [3.63, 3.8) is 0 Å². The standard InChI is InChI=1S/C20H27N7O/c1-15-20(16(2)24(3)23-15)22-19(28)14-26-10-8-25(9-11-26)12-17-13-27-7-5-4-6-18(27)21-17/h4-7,13H,8-12,14H2,1-3H3,(H,22,28). The molecule has 1 aliphatic heterocycles. The molecule has 8 heteroatoms. The van der Waals surface area contributed by atoms with Gasteiger partial charge in [0.25, 0.3) is 0 Å². The summed E-state index contributed by atoms with van der Waals surface area (Å²) < 4.78 is 3.85. The maximum Gasteiger partial charge on any atom is 0.238 e. The zero-order valence-corrected chi connectivity index (χ0v) is 16.7. The largest absolute Gasteiger partial charge is 0.322 e. The van der Waals surface area contributed by atoms with E-state index in [1.54, 1.807) is 4.68 Å². The van der Waals surface area contributed by atoms with Gasteiger partial charge < -0.3 is 9.72 Å². The summed E-state index contributed by atoms with van der Waals surface area (Å²) >= 11 is 0. The fraction of sp³-hybridized carbons (Fsp3) is 0.450. The van der Waals surface area contributed by atoms with Crippen LogP contribution in [-0.4, -0.2) is 67.6 Å². The molecule has 1 amide bonds. The number of nitrogens with zero attached hydrogens (tertiary/aromatic N) is 6. The van der Waals surface area contributed by atoms with Crippen LogP contribution < -0.4 is 5.32 Å². The Hall–Kier alpha value is -2.71. The van der Waals surface area contributed by atoms with Crippen LogP contribution in [0.25, 0.3) is 5.65 Å². The van der Waals surface area contributed by atoms with Crippen molar-refractivity contribution in [1.29, 1.82) is 0 Å². The van der Waals surface area contributed by atoms with Gasteiger partial charge in [-0.3, -0.25) is 19.3 Å². The number of imidazole rings is 1. The second-order valence-corrected chi connectivity index (χ2v) is 7.47. The van der Waals surface area contributed by atoms with E-state index in [-0.39, 0.29) is 5.91 Å². The normalized spacial score (nSPS) is 16.0. The van der Waals surface area contributed by atoms with Crippen LogP contribution in [0.1, 0.15) is 17.1 Å². The number of fused-ring (bicyclic) bond motifs is 1. The molecule has 0 saturated carbocycles. The van der Waals surface area contributed by atoms with E-state index in [1.165, 1.54) is 0 Å². The quantitative estimate of drug-likeness (QED) is 0.724. The van der Waals surface area contributed by atoms with Crippen LogP contribution in [-0.2, 0) is 18.4 Å². The number of pyridine rings is 1. The highest BCUT2D eigenvalue weighted by molar-refractivity contribution is 5.93. The number of anilines is 1. The minimum absolute atomic E-state index is 0.0213. The maximum atomic E-state index is 12.5. The van der Waals surface area contributed by atoms with Gasteiger partial charge in [-0.1, -0.05) is 6.07 Å². The molecule has 1 N–H and O–H groups in total. The second kappa shape index (κ2) is 7.73. The van der Waals surface area contributed by atoms with Crippen molar-refractivity contribution >= 4 is 17.2 Å². The van der Waals surface area contributed by atoms with Crippen LogP contribution in [0, 0.1) is 13.8 Å². The number of aryl methyl sites for hydroxylation is 2. The number of aromatic nitrogens is 4. The molecule has 1 saturated heterocycles. The van der Waals surface area contributed by atoms with E-state index >= 15 is 0 Å². The predicted molar refractivity (Wildman–Crippen MR) is 108 cm³/mol. The number of rotatable bonds is 5. The zero-order chi connectivity index (χ0) is 19.7. The smallest absolute Gasteiger partial charge is 0.238 e. The number of piperazine rings is 1. The van der Waals surface area contributed by atoms with Crippen LogP contribution >= 0.6 is 0 Å². The van der Waals surface area contributed by atoms with Crippen LogP contribution in [0.3, 0.4) is 0 Å². The molecular formula is C20H27N7O. The third kappa shape index (κ3) is 3.93. The van der Waals surface area contributed by atoms with E-state index in [4.69, 9.17) is 0 Å². The Morgan fingerprint density at radius 3 is 2.57 bits per heavy atom. The summed E-state index contributed by atoms with van der Waals surface area (Å²) in [5.74, 6) is 0.0213. The molecule has 3 aromatic rings. The van der Waals surface area contributed by atoms with Gasteiger partial charge >= 0.3 is 0 Å². The van der Waals surface area contributed by atoms with E-state index in [1.807, 2.05) is 45.3 Å². The lowest BCUT2D eigenvalue weighted by atomic mass is 10.2. The van der Waals surface area contributed by atoms with E-state index in [0.717, 1.165) is 61.1 Å². The number of nitrogens with one attached hydrogen (secondary N) is 1. The van der Waals surface area contributed by atoms with Gasteiger partial charge in [-0.05, 0) is 26.0 Å². The predicted octanol–water partition coefficient (Wildman–Crippen LogP) is 1.44. The summed E-state index contributed by atoms with van der Waals surface area (Å²) in [6.45, 7) is 8.77. The van der Waals surface area contributed by atoms with E-state index in [0.29, 0.717) is 6.54 Å². The molecule has 0 bridgehead atoms. The van der Waals surface area contributed by atoms with Gasteiger partial charge in [0.2, 0.25) is 5.91 Å². The maximum absolute atomic E-state index is 12.5. The summed E-state index contributed by atoms with van der Waals surface area (Å²) in [5, 5.41) is 7.37. The van der Waals surface area contributed by atoms with Gasteiger partial charge in [-0.15, -0.1) is 0 Å². The van der Waals surface area contributed by atoms with Crippen LogP contribution in [0.4, 0.5) is 5.69 Å². The van der Waals surface area contributed by atoms with Crippen molar-refractivity contribution in [2.24, 2.45) is 7.05 Å². The van der Waals surface area contributed by atoms with Gasteiger partial charge in [0.05, 0.1) is 29.3 Å². The van der Waals surface area contributed by atoms with Crippen molar-refractivity contribution in [1.82, 2.24) is 29.0 Å². The molecule has 0 aromatic carbocycles. The number of amides is 1. The summed E-state index contributed by atoms with van der Waals surface area (Å²) in [4.78, 5) is 21.7. The van der Waals surface area contributed by atoms with Crippen molar-refractivity contribution in [2.45, 2.75) is 20.4 Å². The number of hydrogen-bond acceptors (Lipinski definition) is 5. The molecule has 4 rings (SSSR count). The first kappa shape index (κ1) is 18.6. The van der Waals surface area contributed by atoms with Crippen LogP contribution in [0.5, 0.6) is 0 Å². The van der Waals surface area contributed by atoms with Crippen molar-refractivity contribution < 1.29 is 4.79 Å². The Balaban J connectivity index is 1.27. The SMILES string of the molecule is Cc1nn(C)c(C)c1NC(=O)CN1CCN(Cc2cn3ccccc3n2)CC1. The van der Waals surface area contributed by atoms with Crippen LogP contribution in [0.2, 0.25) is 0 Å². The summed E-state index contributed by atoms with van der Waals surface area (Å²) in [6.07, 6.45) is 4.11. The average Bonchev–Trinajstić information content (AvgIpc) is 3.18. The minimum Gasteiger partial charge on any atom is -0.322 e. The molecule has 4 heterocycles. The number of carbonyl (C=O) groups excluding carboxylic acids is 1. The van der Waals surface area contributed by atoms with E-state index in [9.17, 15) is 4.79 Å². The Morgan fingerprint density at radius 2 is 1.89 bits per heavy atom. The third-order valence-corrected chi connectivity index (χ3v) is 5.41. The Labute approximate surface area is 164 Å². The molecule has 1 aliphatic rings. The minimum atomic E-state index is 0.0213. The molecule has 3 aromatic heterocycles. The summed E-state index contributed by atoms with van der Waals surface area (Å²) in [7, 11) is 1.89. The van der Waals surface area contributed by atoms with Crippen molar-refractivity contribution in [3.8, 4) is 0 Å². The number of carbonyl (C=O) groups is 1. The summed E-state index contributed by atoms with van der Waals surface area (Å²) in [6, 6.07) is 6.03. The molecule has 8 nitrogen and oxygen atoms in total. The third-order valence-electron chi connectivity index (χ3n) is 5.41. The average molecular weight is 381 g/mol. The lowest BCUT2D eigenvalue weighted by Crippen LogP contribution is -2.48. The van der Waals surface area contributed by atoms with Gasteiger partial charge in [0.1, 0.15) is 5.65 Å². The van der Waals surface area contributed by atoms with Crippen molar-refractivity contribution in [2.75, 3.05) is 38.0 Å². The van der Waals surface area contributed by atoms with Crippen molar-refractivity contribution in [3.05, 3.63) is 47.7 Å². The fourth-order valence-electron chi connectivity index (χ4n) is 3.73. The van der Waals surface area contributed by atoms with Gasteiger partial charge in [0.15, 0.2) is 0 Å². The lowest BCUT2D eigenvalue weighted by Gasteiger charge is -2.33. The Kier molecular flexibility index (Phi) is 5.15. The van der Waals surface area contributed by atoms with Gasteiger partial charge in [-0.25, -0.2) is 4.98 Å².